The predicted octanol–water partition coefficient (Wildman–Crippen LogP) is 3.82. The van der Waals surface area contributed by atoms with Crippen molar-refractivity contribution < 1.29 is 5.11 Å². The van der Waals surface area contributed by atoms with E-state index in [1.54, 1.807) is 11.8 Å². The normalized spacial score (nSPS) is 12.5. The largest absolute Gasteiger partial charge is 0.396 e. The number of hydrogen-bond acceptors (Lipinski definition) is 3. The van der Waals surface area contributed by atoms with E-state index >= 15 is 0 Å². The number of benzene rings is 2. The van der Waals surface area contributed by atoms with E-state index in [2.05, 4.69) is 41.7 Å². The van der Waals surface area contributed by atoms with Crippen LogP contribution >= 0.6 is 11.8 Å². The Morgan fingerprint density at radius 2 is 1.83 bits per heavy atom. The molecule has 2 nitrogen and oxygen atoms in total. The summed E-state index contributed by atoms with van der Waals surface area (Å²) in [6.45, 7) is 0.252. The molecule has 3 heteroatoms. The molecule has 2 aromatic carbocycles. The molecule has 0 aliphatic carbocycles. The zero-order valence-corrected chi connectivity index (χ0v) is 10.8. The first-order valence-electron chi connectivity index (χ1n) is 6.14. The second-order valence-electron chi connectivity index (χ2n) is 4.38. The molecule has 0 atom stereocenters. The maximum Gasteiger partial charge on any atom is 0.0529 e. The highest BCUT2D eigenvalue weighted by Gasteiger charge is 2.14. The summed E-state index contributed by atoms with van der Waals surface area (Å²) >= 11 is 1.80. The lowest BCUT2D eigenvalue weighted by atomic mass is 10.1. The van der Waals surface area contributed by atoms with Crippen molar-refractivity contribution in [2.45, 2.75) is 22.6 Å². The smallest absolute Gasteiger partial charge is 0.0529 e. The van der Waals surface area contributed by atoms with Gasteiger partial charge >= 0.3 is 0 Å². The molecule has 3 rings (SSSR count). The first kappa shape index (κ1) is 11.6. The van der Waals surface area contributed by atoms with Crippen LogP contribution < -0.4 is 5.32 Å². The Labute approximate surface area is 111 Å². The van der Waals surface area contributed by atoms with Crippen LogP contribution in [0, 0.1) is 0 Å². The average molecular weight is 257 g/mol. The van der Waals surface area contributed by atoms with Crippen molar-refractivity contribution in [3.8, 4) is 0 Å². The number of para-hydroxylation sites is 1. The van der Waals surface area contributed by atoms with Gasteiger partial charge in [0.2, 0.25) is 0 Å². The first-order valence-corrected chi connectivity index (χ1v) is 6.96. The van der Waals surface area contributed by atoms with Crippen molar-refractivity contribution in [3.63, 3.8) is 0 Å². The average Bonchev–Trinajstić information content (AvgIpc) is 2.42. The molecule has 0 saturated heterocycles. The minimum Gasteiger partial charge on any atom is -0.396 e. The van der Waals surface area contributed by atoms with Gasteiger partial charge in [-0.1, -0.05) is 30.0 Å². The van der Waals surface area contributed by atoms with E-state index in [4.69, 9.17) is 5.11 Å². The van der Waals surface area contributed by atoms with E-state index in [-0.39, 0.29) is 6.61 Å². The Bertz CT molecular complexity index is 568. The summed E-state index contributed by atoms with van der Waals surface area (Å²) in [6.07, 6.45) is 1.75. The van der Waals surface area contributed by atoms with Crippen molar-refractivity contribution in [2.24, 2.45) is 0 Å². The number of nitrogens with one attached hydrogen (secondary N) is 1. The van der Waals surface area contributed by atoms with Gasteiger partial charge in [-0.25, -0.2) is 0 Å². The Kier molecular flexibility index (Phi) is 3.26. The van der Waals surface area contributed by atoms with Gasteiger partial charge < -0.3 is 10.4 Å². The first-order chi connectivity index (χ1) is 8.86. The van der Waals surface area contributed by atoms with Crippen molar-refractivity contribution in [1.82, 2.24) is 0 Å². The highest BCUT2D eigenvalue weighted by atomic mass is 32.2. The number of anilines is 2. The number of fused-ring (bicyclic) bond motifs is 2. The van der Waals surface area contributed by atoms with Crippen LogP contribution in [-0.4, -0.2) is 11.7 Å². The van der Waals surface area contributed by atoms with Crippen LogP contribution in [0.15, 0.2) is 52.3 Å². The molecule has 2 aromatic rings. The van der Waals surface area contributed by atoms with Gasteiger partial charge in [-0.15, -0.1) is 0 Å². The SMILES string of the molecule is OCCCc1ccc2c(c1)Nc1ccccc1S2. The van der Waals surface area contributed by atoms with Crippen molar-refractivity contribution in [2.75, 3.05) is 11.9 Å². The molecule has 2 N–H and O–H groups in total. The second kappa shape index (κ2) is 5.04. The van der Waals surface area contributed by atoms with E-state index in [0.29, 0.717) is 0 Å². The molecule has 0 fully saturated rings. The van der Waals surface area contributed by atoms with Crippen LogP contribution in [0.25, 0.3) is 0 Å². The van der Waals surface area contributed by atoms with Crippen molar-refractivity contribution in [1.29, 1.82) is 0 Å². The zero-order chi connectivity index (χ0) is 12.4. The lowest BCUT2D eigenvalue weighted by Crippen LogP contribution is -2.00. The van der Waals surface area contributed by atoms with Gasteiger partial charge in [0.15, 0.2) is 0 Å². The molecular formula is C15H15NOS. The third kappa shape index (κ3) is 2.24. The van der Waals surface area contributed by atoms with Crippen LogP contribution in [0.4, 0.5) is 11.4 Å². The Balaban J connectivity index is 1.89. The highest BCUT2D eigenvalue weighted by Crippen LogP contribution is 2.44. The fourth-order valence-corrected chi connectivity index (χ4v) is 3.09. The van der Waals surface area contributed by atoms with Crippen LogP contribution in [-0.2, 0) is 6.42 Å². The Morgan fingerprint density at radius 1 is 1.00 bits per heavy atom. The quantitative estimate of drug-likeness (QED) is 0.748. The summed E-state index contributed by atoms with van der Waals surface area (Å²) in [7, 11) is 0. The van der Waals surface area contributed by atoms with Crippen LogP contribution in [0.5, 0.6) is 0 Å². The van der Waals surface area contributed by atoms with E-state index in [1.807, 2.05) is 6.07 Å². The standard InChI is InChI=1S/C15H15NOS/c17-9-3-4-11-7-8-15-13(10-11)16-12-5-1-2-6-14(12)18-15/h1-2,5-8,10,16-17H,3-4,9H2. The van der Waals surface area contributed by atoms with Gasteiger partial charge in [0.05, 0.1) is 11.4 Å². The van der Waals surface area contributed by atoms with Gasteiger partial charge in [0, 0.05) is 16.4 Å². The predicted molar refractivity (Wildman–Crippen MR) is 75.7 cm³/mol. The summed E-state index contributed by atoms with van der Waals surface area (Å²) in [5, 5.41) is 12.4. The summed E-state index contributed by atoms with van der Waals surface area (Å²) in [5.74, 6) is 0. The maximum absolute atomic E-state index is 8.88. The summed E-state index contributed by atoms with van der Waals surface area (Å²) < 4.78 is 0. The Morgan fingerprint density at radius 3 is 2.72 bits per heavy atom. The van der Waals surface area contributed by atoms with Crippen molar-refractivity contribution >= 4 is 23.1 Å². The third-order valence-corrected chi connectivity index (χ3v) is 4.20. The number of aliphatic hydroxyl groups is 1. The molecule has 0 aromatic heterocycles. The monoisotopic (exact) mass is 257 g/mol. The zero-order valence-electron chi connectivity index (χ0n) is 10.0. The fraction of sp³-hybridized carbons (Fsp3) is 0.200. The molecule has 1 heterocycles. The molecule has 92 valence electrons. The molecule has 0 bridgehead atoms. The summed E-state index contributed by atoms with van der Waals surface area (Å²) in [4.78, 5) is 2.54. The molecule has 1 aliphatic heterocycles. The van der Waals surface area contributed by atoms with Gasteiger partial charge in [-0.05, 0) is 42.7 Å². The third-order valence-electron chi connectivity index (χ3n) is 3.04. The van der Waals surface area contributed by atoms with Gasteiger partial charge in [0.25, 0.3) is 0 Å². The number of aliphatic hydroxyl groups excluding tert-OH is 1. The van der Waals surface area contributed by atoms with E-state index in [0.717, 1.165) is 12.8 Å². The number of rotatable bonds is 3. The minimum atomic E-state index is 0.252. The van der Waals surface area contributed by atoms with Crippen LogP contribution in [0.2, 0.25) is 0 Å². The van der Waals surface area contributed by atoms with Crippen LogP contribution in [0.1, 0.15) is 12.0 Å². The summed E-state index contributed by atoms with van der Waals surface area (Å²) in [6, 6.07) is 14.9. The molecule has 18 heavy (non-hydrogen) atoms. The summed E-state index contributed by atoms with van der Waals surface area (Å²) in [5.41, 5.74) is 3.62. The topological polar surface area (TPSA) is 32.3 Å². The molecular weight excluding hydrogens is 242 g/mol. The number of hydrogen-bond donors (Lipinski definition) is 2. The molecule has 0 unspecified atom stereocenters. The molecule has 0 spiro atoms. The minimum absolute atomic E-state index is 0.252. The van der Waals surface area contributed by atoms with Gasteiger partial charge in [0.1, 0.15) is 0 Å². The molecule has 1 aliphatic rings. The van der Waals surface area contributed by atoms with Crippen molar-refractivity contribution in [3.05, 3.63) is 48.0 Å². The van der Waals surface area contributed by atoms with Gasteiger partial charge in [-0.2, -0.15) is 0 Å². The number of aryl methyl sites for hydroxylation is 1. The second-order valence-corrected chi connectivity index (χ2v) is 5.46. The molecule has 0 radical (unpaired) electrons. The van der Waals surface area contributed by atoms with E-state index in [1.165, 1.54) is 26.7 Å². The lowest BCUT2D eigenvalue weighted by Gasteiger charge is -2.21. The van der Waals surface area contributed by atoms with E-state index < -0.39 is 0 Å². The Hall–Kier alpha value is -1.45. The molecule has 0 saturated carbocycles. The van der Waals surface area contributed by atoms with E-state index in [9.17, 15) is 0 Å². The van der Waals surface area contributed by atoms with Crippen LogP contribution in [0.3, 0.4) is 0 Å². The van der Waals surface area contributed by atoms with Gasteiger partial charge in [-0.3, -0.25) is 0 Å². The fourth-order valence-electron chi connectivity index (χ4n) is 2.12. The maximum atomic E-state index is 8.88. The highest BCUT2D eigenvalue weighted by molar-refractivity contribution is 7.99. The molecule has 0 amide bonds. The lowest BCUT2D eigenvalue weighted by molar-refractivity contribution is 0.288.